The molecule has 0 bridgehead atoms. The van der Waals surface area contributed by atoms with Crippen LogP contribution in [0.25, 0.3) is 0 Å². The number of rotatable bonds is 4. The van der Waals surface area contributed by atoms with Crippen LogP contribution in [0, 0.1) is 6.92 Å². The maximum atomic E-state index is 12.9. The molecule has 5 heteroatoms. The highest BCUT2D eigenvalue weighted by atomic mass is 16.5. The van der Waals surface area contributed by atoms with Gasteiger partial charge in [-0.1, -0.05) is 30.3 Å². The van der Waals surface area contributed by atoms with Crippen LogP contribution in [-0.2, 0) is 9.53 Å². The van der Waals surface area contributed by atoms with Gasteiger partial charge in [0.2, 0.25) is 0 Å². The summed E-state index contributed by atoms with van der Waals surface area (Å²) in [6.07, 6.45) is 5.41. The van der Waals surface area contributed by atoms with Gasteiger partial charge in [0.1, 0.15) is 0 Å². The van der Waals surface area contributed by atoms with Crippen molar-refractivity contribution in [2.45, 2.75) is 31.9 Å². The molecule has 0 aliphatic carbocycles. The summed E-state index contributed by atoms with van der Waals surface area (Å²) < 4.78 is 7.47. The first-order chi connectivity index (χ1) is 11.2. The topological polar surface area (TPSA) is 47.4 Å². The third-order valence-corrected chi connectivity index (χ3v) is 4.38. The van der Waals surface area contributed by atoms with Gasteiger partial charge in [0.15, 0.2) is 6.10 Å². The minimum atomic E-state index is -0.533. The van der Waals surface area contributed by atoms with Gasteiger partial charge in [-0.05, 0) is 30.9 Å². The molecule has 2 aromatic rings. The number of methoxy groups -OCH3 is 1. The van der Waals surface area contributed by atoms with E-state index in [0.717, 1.165) is 30.5 Å². The van der Waals surface area contributed by atoms with E-state index in [4.69, 9.17) is 4.74 Å². The first-order valence-electron chi connectivity index (χ1n) is 8.06. The number of benzene rings is 1. The zero-order chi connectivity index (χ0) is 16.2. The summed E-state index contributed by atoms with van der Waals surface area (Å²) in [6.45, 7) is 3.50. The lowest BCUT2D eigenvalue weighted by molar-refractivity contribution is -0.144. The van der Waals surface area contributed by atoms with Crippen LogP contribution in [0.4, 0.5) is 0 Å². The van der Waals surface area contributed by atoms with Crippen molar-refractivity contribution in [2.75, 3.05) is 20.2 Å². The molecule has 2 atom stereocenters. The van der Waals surface area contributed by atoms with E-state index in [2.05, 4.69) is 5.10 Å². The number of hydrogen-bond donors (Lipinski definition) is 0. The summed E-state index contributed by atoms with van der Waals surface area (Å²) >= 11 is 0. The van der Waals surface area contributed by atoms with Crippen molar-refractivity contribution in [3.63, 3.8) is 0 Å². The summed E-state index contributed by atoms with van der Waals surface area (Å²) in [5.74, 6) is 0.0345. The maximum Gasteiger partial charge on any atom is 0.256 e. The fraction of sp³-hybridized carbons (Fsp3) is 0.444. The third-order valence-electron chi connectivity index (χ3n) is 4.38. The predicted octanol–water partition coefficient (Wildman–Crippen LogP) is 2.74. The van der Waals surface area contributed by atoms with Gasteiger partial charge in [0.25, 0.3) is 5.91 Å². The predicted molar refractivity (Wildman–Crippen MR) is 88.0 cm³/mol. The molecule has 1 saturated heterocycles. The van der Waals surface area contributed by atoms with E-state index in [0.29, 0.717) is 6.54 Å². The lowest BCUT2D eigenvalue weighted by Gasteiger charge is -2.34. The maximum absolute atomic E-state index is 12.9. The molecule has 0 unspecified atom stereocenters. The zero-order valence-electron chi connectivity index (χ0n) is 13.7. The van der Waals surface area contributed by atoms with E-state index in [9.17, 15) is 4.79 Å². The molecule has 1 aliphatic rings. The van der Waals surface area contributed by atoms with Crippen molar-refractivity contribution in [1.82, 2.24) is 14.7 Å². The van der Waals surface area contributed by atoms with Gasteiger partial charge >= 0.3 is 0 Å². The van der Waals surface area contributed by atoms with Crippen LogP contribution in [-0.4, -0.2) is 40.8 Å². The number of nitrogens with zero attached hydrogens (tertiary/aromatic N) is 3. The van der Waals surface area contributed by atoms with E-state index in [1.54, 1.807) is 7.11 Å². The van der Waals surface area contributed by atoms with Gasteiger partial charge in [-0.15, -0.1) is 0 Å². The van der Waals surface area contributed by atoms with E-state index in [1.165, 1.54) is 0 Å². The van der Waals surface area contributed by atoms with Crippen molar-refractivity contribution in [3.05, 3.63) is 53.9 Å². The molecule has 1 aromatic heterocycles. The molecular formula is C18H23N3O2. The fourth-order valence-corrected chi connectivity index (χ4v) is 3.18. The summed E-state index contributed by atoms with van der Waals surface area (Å²) in [5.41, 5.74) is 2.05. The number of carbonyl (C=O) groups excluding carboxylic acids is 1. The number of amides is 1. The van der Waals surface area contributed by atoms with Gasteiger partial charge in [0, 0.05) is 26.4 Å². The molecule has 122 valence electrons. The molecule has 5 nitrogen and oxygen atoms in total. The average Bonchev–Trinajstić information content (AvgIpc) is 3.03. The Labute approximate surface area is 136 Å². The van der Waals surface area contributed by atoms with Crippen LogP contribution in [0.15, 0.2) is 42.7 Å². The molecular weight excluding hydrogens is 290 g/mol. The van der Waals surface area contributed by atoms with Gasteiger partial charge in [-0.2, -0.15) is 5.10 Å². The van der Waals surface area contributed by atoms with Gasteiger partial charge in [-0.3, -0.25) is 9.48 Å². The molecule has 23 heavy (non-hydrogen) atoms. The number of carbonyl (C=O) groups is 1. The van der Waals surface area contributed by atoms with E-state index in [1.807, 2.05) is 59.2 Å². The zero-order valence-corrected chi connectivity index (χ0v) is 13.7. The lowest BCUT2D eigenvalue weighted by Crippen LogP contribution is -2.43. The lowest BCUT2D eigenvalue weighted by atomic mass is 10.0. The summed E-state index contributed by atoms with van der Waals surface area (Å²) in [5, 5.41) is 4.40. The number of aromatic nitrogens is 2. The van der Waals surface area contributed by atoms with Crippen LogP contribution in [0.5, 0.6) is 0 Å². The second-order valence-electron chi connectivity index (χ2n) is 6.10. The first kappa shape index (κ1) is 15.7. The number of ether oxygens (including phenoxy) is 1. The van der Waals surface area contributed by atoms with Crippen molar-refractivity contribution >= 4 is 5.91 Å². The van der Waals surface area contributed by atoms with Crippen LogP contribution in [0.2, 0.25) is 0 Å². The highest BCUT2D eigenvalue weighted by Crippen LogP contribution is 2.26. The molecule has 2 heterocycles. The molecule has 1 amide bonds. The van der Waals surface area contributed by atoms with Gasteiger partial charge < -0.3 is 9.64 Å². The Kier molecular flexibility index (Phi) is 4.76. The van der Waals surface area contributed by atoms with E-state index >= 15 is 0 Å². The van der Waals surface area contributed by atoms with E-state index in [-0.39, 0.29) is 11.9 Å². The second-order valence-corrected chi connectivity index (χ2v) is 6.10. The van der Waals surface area contributed by atoms with Crippen molar-refractivity contribution < 1.29 is 9.53 Å². The molecule has 3 rings (SSSR count). The summed E-state index contributed by atoms with van der Waals surface area (Å²) in [6, 6.07) is 9.92. The monoisotopic (exact) mass is 313 g/mol. The molecule has 0 N–H and O–H groups in total. The highest BCUT2D eigenvalue weighted by Gasteiger charge is 2.30. The largest absolute Gasteiger partial charge is 0.367 e. The molecule has 1 aromatic carbocycles. The molecule has 1 fully saturated rings. The SMILES string of the molecule is CO[C@H](C(=O)N1CCC[C@H](n2cc(C)cn2)C1)c1ccccc1. The Morgan fingerprint density at radius 1 is 1.35 bits per heavy atom. The van der Waals surface area contributed by atoms with Crippen molar-refractivity contribution in [1.29, 1.82) is 0 Å². The Morgan fingerprint density at radius 2 is 2.13 bits per heavy atom. The van der Waals surface area contributed by atoms with Crippen LogP contribution >= 0.6 is 0 Å². The number of hydrogen-bond acceptors (Lipinski definition) is 3. The number of likely N-dealkylation sites (tertiary alicyclic amines) is 1. The van der Waals surface area contributed by atoms with Crippen LogP contribution in [0.1, 0.15) is 36.1 Å². The summed E-state index contributed by atoms with van der Waals surface area (Å²) in [7, 11) is 1.59. The Bertz CT molecular complexity index is 653. The standard InChI is InChI=1S/C18H23N3O2/c1-14-11-19-21(12-14)16-9-6-10-20(13-16)18(22)17(23-2)15-7-4-3-5-8-15/h3-5,7-8,11-12,16-17H,6,9-10,13H2,1-2H3/t16-,17-/m0/s1. The van der Waals surface area contributed by atoms with Crippen LogP contribution < -0.4 is 0 Å². The Morgan fingerprint density at radius 3 is 2.78 bits per heavy atom. The fourth-order valence-electron chi connectivity index (χ4n) is 3.18. The average molecular weight is 313 g/mol. The van der Waals surface area contributed by atoms with Crippen LogP contribution in [0.3, 0.4) is 0 Å². The minimum Gasteiger partial charge on any atom is -0.367 e. The molecule has 0 radical (unpaired) electrons. The minimum absolute atomic E-state index is 0.0345. The quantitative estimate of drug-likeness (QED) is 0.872. The smallest absolute Gasteiger partial charge is 0.256 e. The van der Waals surface area contributed by atoms with Gasteiger partial charge in [0.05, 0.1) is 12.2 Å². The second kappa shape index (κ2) is 6.96. The Balaban J connectivity index is 1.73. The molecule has 1 aliphatic heterocycles. The van der Waals surface area contributed by atoms with Crippen molar-refractivity contribution in [3.8, 4) is 0 Å². The summed E-state index contributed by atoms with van der Waals surface area (Å²) in [4.78, 5) is 14.8. The molecule has 0 saturated carbocycles. The number of piperidine rings is 1. The number of aryl methyl sites for hydroxylation is 1. The first-order valence-corrected chi connectivity index (χ1v) is 8.06. The van der Waals surface area contributed by atoms with Crippen molar-refractivity contribution in [2.24, 2.45) is 0 Å². The third kappa shape index (κ3) is 3.45. The van der Waals surface area contributed by atoms with Gasteiger partial charge in [-0.25, -0.2) is 0 Å². The normalized spacial score (nSPS) is 19.6. The highest BCUT2D eigenvalue weighted by molar-refractivity contribution is 5.82. The van der Waals surface area contributed by atoms with E-state index < -0.39 is 6.10 Å². The Hall–Kier alpha value is -2.14. The molecule has 0 spiro atoms.